The number of nitrogens with two attached hydrogens (primary N) is 1. The van der Waals surface area contributed by atoms with Gasteiger partial charge < -0.3 is 20.1 Å². The van der Waals surface area contributed by atoms with Crippen molar-refractivity contribution in [2.24, 2.45) is 11.1 Å². The SMILES string of the molecule is COc1ccncc1N1CCC(OC(N)=O)(C(C)(C)C)C1=O. The predicted molar refractivity (Wildman–Crippen MR) is 80.6 cm³/mol. The fraction of sp³-hybridized carbons (Fsp3) is 0.533. The van der Waals surface area contributed by atoms with E-state index in [0.29, 0.717) is 24.4 Å². The summed E-state index contributed by atoms with van der Waals surface area (Å²) in [5.41, 5.74) is 3.85. The minimum atomic E-state index is -1.29. The van der Waals surface area contributed by atoms with E-state index in [1.54, 1.807) is 18.5 Å². The Morgan fingerprint density at radius 3 is 2.68 bits per heavy atom. The lowest BCUT2D eigenvalue weighted by molar-refractivity contribution is -0.144. The van der Waals surface area contributed by atoms with Crippen LogP contribution in [0.3, 0.4) is 0 Å². The Balaban J connectivity index is 2.44. The molecule has 1 saturated heterocycles. The van der Waals surface area contributed by atoms with E-state index in [1.807, 2.05) is 20.8 Å². The first kappa shape index (κ1) is 16.1. The van der Waals surface area contributed by atoms with Crippen LogP contribution >= 0.6 is 0 Å². The van der Waals surface area contributed by atoms with Crippen molar-refractivity contribution in [2.45, 2.75) is 32.8 Å². The lowest BCUT2D eigenvalue weighted by Gasteiger charge is -2.38. The van der Waals surface area contributed by atoms with Crippen molar-refractivity contribution in [1.29, 1.82) is 0 Å². The molecule has 1 aromatic rings. The van der Waals surface area contributed by atoms with Gasteiger partial charge in [0, 0.05) is 30.6 Å². The quantitative estimate of drug-likeness (QED) is 0.917. The van der Waals surface area contributed by atoms with Gasteiger partial charge in [0.25, 0.3) is 5.91 Å². The maximum atomic E-state index is 13.0. The minimum absolute atomic E-state index is 0.315. The fourth-order valence-electron chi connectivity index (χ4n) is 2.79. The van der Waals surface area contributed by atoms with Crippen molar-refractivity contribution in [3.8, 4) is 5.75 Å². The van der Waals surface area contributed by atoms with Crippen LogP contribution in [0.1, 0.15) is 27.2 Å². The van der Waals surface area contributed by atoms with Crippen molar-refractivity contribution >= 4 is 17.7 Å². The molecule has 7 nitrogen and oxygen atoms in total. The van der Waals surface area contributed by atoms with Gasteiger partial charge in [-0.3, -0.25) is 9.78 Å². The average molecular weight is 307 g/mol. The normalized spacial score (nSPS) is 21.8. The topological polar surface area (TPSA) is 94.8 Å². The molecule has 22 heavy (non-hydrogen) atoms. The molecule has 1 aromatic heterocycles. The molecule has 120 valence electrons. The number of amides is 2. The fourth-order valence-corrected chi connectivity index (χ4v) is 2.79. The van der Waals surface area contributed by atoms with E-state index in [1.165, 1.54) is 12.0 Å². The second kappa shape index (κ2) is 5.47. The zero-order valence-electron chi connectivity index (χ0n) is 13.3. The summed E-state index contributed by atoms with van der Waals surface area (Å²) in [6, 6.07) is 1.68. The second-order valence-electron chi connectivity index (χ2n) is 6.25. The van der Waals surface area contributed by atoms with Gasteiger partial charge in [-0.25, -0.2) is 4.79 Å². The highest BCUT2D eigenvalue weighted by Crippen LogP contribution is 2.44. The van der Waals surface area contributed by atoms with Gasteiger partial charge in [-0.05, 0) is 0 Å². The third-order valence-corrected chi connectivity index (χ3v) is 4.04. The molecular formula is C15H21N3O4. The van der Waals surface area contributed by atoms with Crippen LogP contribution in [0.2, 0.25) is 0 Å². The highest BCUT2D eigenvalue weighted by Gasteiger charge is 2.58. The molecule has 1 fully saturated rings. The van der Waals surface area contributed by atoms with Gasteiger partial charge in [-0.1, -0.05) is 20.8 Å². The van der Waals surface area contributed by atoms with Crippen LogP contribution in [-0.4, -0.2) is 36.2 Å². The first-order valence-corrected chi connectivity index (χ1v) is 7.01. The number of aromatic nitrogens is 1. The predicted octanol–water partition coefficient (Wildman–Crippen LogP) is 1.71. The summed E-state index contributed by atoms with van der Waals surface area (Å²) in [5.74, 6) is 0.220. The molecule has 0 saturated carbocycles. The summed E-state index contributed by atoms with van der Waals surface area (Å²) in [5, 5.41) is 0. The maximum Gasteiger partial charge on any atom is 0.405 e. The van der Waals surface area contributed by atoms with Crippen molar-refractivity contribution in [1.82, 2.24) is 4.98 Å². The average Bonchev–Trinajstić information content (AvgIpc) is 2.76. The summed E-state index contributed by atoms with van der Waals surface area (Å²) in [7, 11) is 1.52. The summed E-state index contributed by atoms with van der Waals surface area (Å²) in [6.07, 6.45) is 2.54. The number of primary amides is 1. The van der Waals surface area contributed by atoms with Gasteiger partial charge >= 0.3 is 6.09 Å². The number of methoxy groups -OCH3 is 1. The Morgan fingerprint density at radius 2 is 2.14 bits per heavy atom. The molecule has 0 spiro atoms. The van der Waals surface area contributed by atoms with Crippen molar-refractivity contribution in [3.05, 3.63) is 18.5 Å². The summed E-state index contributed by atoms with van der Waals surface area (Å²) < 4.78 is 10.6. The molecule has 0 radical (unpaired) electrons. The van der Waals surface area contributed by atoms with E-state index >= 15 is 0 Å². The lowest BCUT2D eigenvalue weighted by atomic mass is 9.75. The van der Waals surface area contributed by atoms with Crippen LogP contribution in [0, 0.1) is 5.41 Å². The molecule has 2 rings (SSSR count). The highest BCUT2D eigenvalue weighted by molar-refractivity contribution is 6.04. The molecule has 1 aliphatic rings. The Hall–Kier alpha value is -2.31. The van der Waals surface area contributed by atoms with Gasteiger partial charge in [-0.2, -0.15) is 0 Å². The lowest BCUT2D eigenvalue weighted by Crippen LogP contribution is -2.54. The summed E-state index contributed by atoms with van der Waals surface area (Å²) in [4.78, 5) is 29.9. The smallest absolute Gasteiger partial charge is 0.405 e. The van der Waals surface area contributed by atoms with E-state index in [0.717, 1.165) is 0 Å². The number of rotatable bonds is 3. The third kappa shape index (κ3) is 2.47. The van der Waals surface area contributed by atoms with Crippen molar-refractivity contribution in [3.63, 3.8) is 0 Å². The maximum absolute atomic E-state index is 13.0. The van der Waals surface area contributed by atoms with Gasteiger partial charge in [0.15, 0.2) is 5.60 Å². The molecular weight excluding hydrogens is 286 g/mol. The molecule has 1 unspecified atom stereocenters. The van der Waals surface area contributed by atoms with Gasteiger partial charge in [-0.15, -0.1) is 0 Å². The zero-order valence-corrected chi connectivity index (χ0v) is 13.3. The van der Waals surface area contributed by atoms with E-state index in [4.69, 9.17) is 15.2 Å². The highest BCUT2D eigenvalue weighted by atomic mass is 16.6. The van der Waals surface area contributed by atoms with Crippen LogP contribution < -0.4 is 15.4 Å². The van der Waals surface area contributed by atoms with Crippen LogP contribution in [0.5, 0.6) is 5.75 Å². The number of nitrogens with zero attached hydrogens (tertiary/aromatic N) is 2. The molecule has 2 heterocycles. The summed E-state index contributed by atoms with van der Waals surface area (Å²) >= 11 is 0. The molecule has 2 amide bonds. The van der Waals surface area contributed by atoms with Crippen molar-refractivity contribution < 1.29 is 19.1 Å². The second-order valence-corrected chi connectivity index (χ2v) is 6.25. The van der Waals surface area contributed by atoms with Crippen LogP contribution in [0.25, 0.3) is 0 Å². The molecule has 0 bridgehead atoms. The van der Waals surface area contributed by atoms with Crippen LogP contribution in [0.4, 0.5) is 10.5 Å². The van der Waals surface area contributed by atoms with Gasteiger partial charge in [0.1, 0.15) is 11.4 Å². The zero-order chi connectivity index (χ0) is 16.5. The van der Waals surface area contributed by atoms with E-state index in [-0.39, 0.29) is 5.91 Å². The Labute approximate surface area is 129 Å². The molecule has 0 aromatic carbocycles. The molecule has 1 aliphatic heterocycles. The standard InChI is InChI=1S/C15H21N3O4/c1-14(2,3)15(22-13(16)20)6-8-18(12(15)19)10-9-17-7-5-11(10)21-4/h5,7,9H,6,8H2,1-4H3,(H2,16,20). The molecule has 7 heteroatoms. The molecule has 1 atom stereocenters. The monoisotopic (exact) mass is 307 g/mol. The number of hydrogen-bond acceptors (Lipinski definition) is 5. The number of carbonyl (C=O) groups excluding carboxylic acids is 2. The molecule has 0 aliphatic carbocycles. The van der Waals surface area contributed by atoms with Crippen LogP contribution in [-0.2, 0) is 9.53 Å². The van der Waals surface area contributed by atoms with E-state index in [2.05, 4.69) is 4.98 Å². The van der Waals surface area contributed by atoms with Crippen molar-refractivity contribution in [2.75, 3.05) is 18.6 Å². The van der Waals surface area contributed by atoms with E-state index < -0.39 is 17.1 Å². The minimum Gasteiger partial charge on any atom is -0.494 e. The van der Waals surface area contributed by atoms with E-state index in [9.17, 15) is 9.59 Å². The Morgan fingerprint density at radius 1 is 1.45 bits per heavy atom. The number of carbonyl (C=O) groups is 2. The number of hydrogen-bond donors (Lipinski definition) is 1. The Bertz CT molecular complexity index is 597. The Kier molecular flexibility index (Phi) is 4.00. The van der Waals surface area contributed by atoms with Gasteiger partial charge in [0.2, 0.25) is 0 Å². The largest absolute Gasteiger partial charge is 0.494 e. The number of pyridine rings is 1. The first-order chi connectivity index (χ1) is 10.2. The number of ether oxygens (including phenoxy) is 2. The van der Waals surface area contributed by atoms with Crippen LogP contribution in [0.15, 0.2) is 18.5 Å². The molecule has 2 N–H and O–H groups in total. The third-order valence-electron chi connectivity index (χ3n) is 4.04. The summed E-state index contributed by atoms with van der Waals surface area (Å²) in [6.45, 7) is 5.93. The van der Waals surface area contributed by atoms with Gasteiger partial charge in [0.05, 0.1) is 13.3 Å². The number of anilines is 1. The first-order valence-electron chi connectivity index (χ1n) is 7.01.